The van der Waals surface area contributed by atoms with Crippen LogP contribution in [0.2, 0.25) is 0 Å². The van der Waals surface area contributed by atoms with Crippen LogP contribution in [0.1, 0.15) is 22.4 Å². The number of carbonyl (C=O) groups excluding carboxylic acids is 1. The van der Waals surface area contributed by atoms with Crippen molar-refractivity contribution in [3.63, 3.8) is 0 Å². The van der Waals surface area contributed by atoms with Crippen LogP contribution in [0.15, 0.2) is 36.4 Å². The molecule has 5 rings (SSSR count). The topological polar surface area (TPSA) is 59.4 Å². The molecule has 2 aliphatic rings. The molecule has 2 aliphatic heterocycles. The minimum Gasteiger partial charge on any atom is -0.368 e. The molecule has 0 atom stereocenters. The van der Waals surface area contributed by atoms with Crippen LogP contribution >= 0.6 is 11.3 Å². The van der Waals surface area contributed by atoms with Gasteiger partial charge < -0.3 is 10.2 Å². The predicted octanol–water partition coefficient (Wildman–Crippen LogP) is 4.16. The van der Waals surface area contributed by atoms with Gasteiger partial charge in [0.1, 0.15) is 16.8 Å². The first-order chi connectivity index (χ1) is 15.1. The summed E-state index contributed by atoms with van der Waals surface area (Å²) < 4.78 is 15.1. The zero-order chi connectivity index (χ0) is 21.4. The highest BCUT2D eigenvalue weighted by Crippen LogP contribution is 2.35. The molecule has 158 valence electrons. The van der Waals surface area contributed by atoms with Gasteiger partial charge in [0, 0.05) is 44.8 Å². The van der Waals surface area contributed by atoms with E-state index in [-0.39, 0.29) is 11.7 Å². The van der Waals surface area contributed by atoms with Crippen LogP contribution in [-0.2, 0) is 17.6 Å². The van der Waals surface area contributed by atoms with Crippen molar-refractivity contribution in [2.24, 2.45) is 0 Å². The highest BCUT2D eigenvalue weighted by atomic mass is 32.1. The Morgan fingerprint density at radius 1 is 1.10 bits per heavy atom. The summed E-state index contributed by atoms with van der Waals surface area (Å²) in [5, 5.41) is 13.0. The summed E-state index contributed by atoms with van der Waals surface area (Å²) >= 11 is 1.43. The average molecular weight is 435 g/mol. The first-order valence-corrected chi connectivity index (χ1v) is 11.4. The van der Waals surface area contributed by atoms with Crippen molar-refractivity contribution in [2.75, 3.05) is 42.9 Å². The molecule has 2 aromatic carbocycles. The Labute approximate surface area is 184 Å². The third-order valence-electron chi connectivity index (χ3n) is 6.17. The highest BCUT2D eigenvalue weighted by molar-refractivity contribution is 7.20. The van der Waals surface area contributed by atoms with Gasteiger partial charge in [-0.2, -0.15) is 5.26 Å². The number of hydrogen-bond acceptors (Lipinski definition) is 5. The summed E-state index contributed by atoms with van der Waals surface area (Å²) in [6.07, 6.45) is 2.32. The van der Waals surface area contributed by atoms with Crippen molar-refractivity contribution in [3.05, 3.63) is 58.2 Å². The number of fused-ring (bicyclic) bond motifs is 2. The van der Waals surface area contributed by atoms with Crippen LogP contribution in [0, 0.1) is 17.1 Å². The number of halogens is 1. The lowest BCUT2D eigenvalue weighted by atomic mass is 9.99. The van der Waals surface area contributed by atoms with Gasteiger partial charge >= 0.3 is 0 Å². The normalized spacial score (nSPS) is 16.8. The van der Waals surface area contributed by atoms with Crippen molar-refractivity contribution >= 4 is 38.7 Å². The van der Waals surface area contributed by atoms with Crippen LogP contribution < -0.4 is 10.2 Å². The molecule has 1 N–H and O–H groups in total. The van der Waals surface area contributed by atoms with E-state index < -0.39 is 0 Å². The van der Waals surface area contributed by atoms with Crippen LogP contribution in [0.4, 0.5) is 15.8 Å². The lowest BCUT2D eigenvalue weighted by Gasteiger charge is -2.36. The van der Waals surface area contributed by atoms with Gasteiger partial charge in [-0.05, 0) is 53.6 Å². The smallest absolute Gasteiger partial charge is 0.224 e. The fourth-order valence-electron chi connectivity index (χ4n) is 4.46. The Balaban J connectivity index is 1.22. The van der Waals surface area contributed by atoms with E-state index in [0.29, 0.717) is 11.3 Å². The van der Waals surface area contributed by atoms with Crippen molar-refractivity contribution in [1.82, 2.24) is 4.90 Å². The van der Waals surface area contributed by atoms with Crippen molar-refractivity contribution < 1.29 is 9.18 Å². The summed E-state index contributed by atoms with van der Waals surface area (Å²) in [5.74, 6) is -0.161. The Bertz CT molecular complexity index is 1190. The third-order valence-corrected chi connectivity index (χ3v) is 7.25. The number of thiophene rings is 1. The van der Waals surface area contributed by atoms with Gasteiger partial charge in [-0.1, -0.05) is 12.1 Å². The number of nitrogens with zero attached hydrogens (tertiary/aromatic N) is 3. The van der Waals surface area contributed by atoms with Crippen molar-refractivity contribution in [3.8, 4) is 6.07 Å². The Morgan fingerprint density at radius 3 is 2.74 bits per heavy atom. The van der Waals surface area contributed by atoms with Gasteiger partial charge in [0.25, 0.3) is 0 Å². The van der Waals surface area contributed by atoms with Crippen molar-refractivity contribution in [2.45, 2.75) is 19.3 Å². The number of carbonyl (C=O) groups is 1. The van der Waals surface area contributed by atoms with E-state index in [1.165, 1.54) is 28.5 Å². The number of anilines is 2. The zero-order valence-corrected chi connectivity index (χ0v) is 18.0. The molecule has 0 bridgehead atoms. The van der Waals surface area contributed by atoms with Gasteiger partial charge in [0.2, 0.25) is 5.91 Å². The second kappa shape index (κ2) is 8.29. The Morgan fingerprint density at radius 2 is 1.94 bits per heavy atom. The number of amides is 1. The maximum absolute atomic E-state index is 14.2. The fraction of sp³-hybridized carbons (Fsp3) is 0.333. The first kappa shape index (κ1) is 20.0. The molecule has 5 nitrogen and oxygen atoms in total. The number of piperazine rings is 1. The molecule has 31 heavy (non-hydrogen) atoms. The lowest BCUT2D eigenvalue weighted by molar-refractivity contribution is -0.116. The van der Waals surface area contributed by atoms with E-state index in [1.807, 2.05) is 0 Å². The molecule has 3 heterocycles. The molecular weight excluding hydrogens is 411 g/mol. The van der Waals surface area contributed by atoms with Gasteiger partial charge in [0.05, 0.1) is 10.4 Å². The van der Waals surface area contributed by atoms with Gasteiger partial charge in [-0.15, -0.1) is 11.3 Å². The lowest BCUT2D eigenvalue weighted by Crippen LogP contribution is -2.47. The Kier molecular flexibility index (Phi) is 5.34. The standard InChI is InChI=1S/C24H23FN4OS/c25-19-12-18-13-20(15-26)31-24(18)22(14-19)29-9-7-28(8-10-29)6-5-16-1-2-17-3-4-23(30)27-21(17)11-16/h1-2,11-14H,3-10H2,(H,27,30). The fourth-order valence-corrected chi connectivity index (χ4v) is 5.44. The van der Waals surface area contributed by atoms with Gasteiger partial charge in [0.15, 0.2) is 0 Å². The van der Waals surface area contributed by atoms with E-state index in [1.54, 1.807) is 12.1 Å². The number of nitriles is 1. The van der Waals surface area contributed by atoms with Crippen LogP contribution in [0.25, 0.3) is 10.1 Å². The molecular formula is C24H23FN4OS. The minimum absolute atomic E-state index is 0.0971. The maximum Gasteiger partial charge on any atom is 0.224 e. The molecule has 0 saturated carbocycles. The summed E-state index contributed by atoms with van der Waals surface area (Å²) in [4.78, 5) is 16.9. The Hall–Kier alpha value is -2.95. The number of aryl methyl sites for hydroxylation is 1. The van der Waals surface area contributed by atoms with E-state index in [2.05, 4.69) is 39.4 Å². The van der Waals surface area contributed by atoms with Crippen LogP contribution in [0.5, 0.6) is 0 Å². The summed E-state index contributed by atoms with van der Waals surface area (Å²) in [6, 6.07) is 13.4. The molecule has 1 amide bonds. The van der Waals surface area contributed by atoms with Crippen molar-refractivity contribution in [1.29, 1.82) is 5.26 Å². The molecule has 1 saturated heterocycles. The predicted molar refractivity (Wildman–Crippen MR) is 122 cm³/mol. The molecule has 0 spiro atoms. The summed E-state index contributed by atoms with van der Waals surface area (Å²) in [6.45, 7) is 4.44. The summed E-state index contributed by atoms with van der Waals surface area (Å²) in [7, 11) is 0. The third kappa shape index (κ3) is 4.14. The minimum atomic E-state index is -0.258. The first-order valence-electron chi connectivity index (χ1n) is 10.6. The molecule has 1 aromatic heterocycles. The average Bonchev–Trinajstić information content (AvgIpc) is 3.20. The second-order valence-corrected chi connectivity index (χ2v) is 9.24. The maximum atomic E-state index is 14.2. The van der Waals surface area contributed by atoms with E-state index in [4.69, 9.17) is 0 Å². The SMILES string of the molecule is N#Cc1cc2cc(F)cc(N3CCN(CCc4ccc5c(c4)NC(=O)CC5)CC3)c2s1. The molecule has 7 heteroatoms. The second-order valence-electron chi connectivity index (χ2n) is 8.18. The molecule has 3 aromatic rings. The molecule has 0 unspecified atom stereocenters. The van der Waals surface area contributed by atoms with Gasteiger partial charge in [-0.3, -0.25) is 9.69 Å². The number of hydrogen-bond donors (Lipinski definition) is 1. The van der Waals surface area contributed by atoms with Crippen LogP contribution in [0.3, 0.4) is 0 Å². The highest BCUT2D eigenvalue weighted by Gasteiger charge is 2.21. The zero-order valence-electron chi connectivity index (χ0n) is 17.2. The van der Waals surface area contributed by atoms with Gasteiger partial charge in [-0.25, -0.2) is 4.39 Å². The number of nitrogens with one attached hydrogen (secondary N) is 1. The molecule has 0 aliphatic carbocycles. The number of rotatable bonds is 4. The van der Waals surface area contributed by atoms with Crippen LogP contribution in [-0.4, -0.2) is 43.5 Å². The molecule has 0 radical (unpaired) electrons. The van der Waals surface area contributed by atoms with E-state index in [9.17, 15) is 14.4 Å². The summed E-state index contributed by atoms with van der Waals surface area (Å²) in [5.41, 5.74) is 4.30. The largest absolute Gasteiger partial charge is 0.368 e. The monoisotopic (exact) mass is 434 g/mol. The van der Waals surface area contributed by atoms with E-state index >= 15 is 0 Å². The molecule has 1 fully saturated rings. The number of benzene rings is 2. The quantitative estimate of drug-likeness (QED) is 0.670. The van der Waals surface area contributed by atoms with E-state index in [0.717, 1.165) is 67.0 Å².